The third kappa shape index (κ3) is 3.09. The average Bonchev–Trinajstić information content (AvgIpc) is 2.56. The van der Waals surface area contributed by atoms with E-state index < -0.39 is 0 Å². The number of aliphatic hydroxyl groups excluding tert-OH is 1. The molecule has 3 nitrogen and oxygen atoms in total. The zero-order chi connectivity index (χ0) is 8.81. The number of aliphatic hydroxyl groups is 1. The molecule has 0 amide bonds. The molecule has 0 radical (unpaired) electrons. The predicted molar refractivity (Wildman–Crippen MR) is 50.2 cm³/mol. The molecule has 12 heavy (non-hydrogen) atoms. The van der Waals surface area contributed by atoms with Gasteiger partial charge in [-0.1, -0.05) is 0 Å². The van der Waals surface area contributed by atoms with Crippen molar-refractivity contribution in [3.05, 3.63) is 0 Å². The summed E-state index contributed by atoms with van der Waals surface area (Å²) in [5.41, 5.74) is 0. The van der Waals surface area contributed by atoms with Gasteiger partial charge in [-0.15, -0.1) is 0 Å². The van der Waals surface area contributed by atoms with E-state index in [1.165, 1.54) is 25.9 Å². The fourth-order valence-electron chi connectivity index (χ4n) is 1.81. The van der Waals surface area contributed by atoms with E-state index in [9.17, 15) is 0 Å². The molecule has 2 N–H and O–H groups in total. The van der Waals surface area contributed by atoms with E-state index in [0.29, 0.717) is 12.5 Å². The summed E-state index contributed by atoms with van der Waals surface area (Å²) >= 11 is 0. The van der Waals surface area contributed by atoms with E-state index in [0.717, 1.165) is 13.1 Å². The molecule has 0 aliphatic carbocycles. The van der Waals surface area contributed by atoms with E-state index in [1.54, 1.807) is 0 Å². The van der Waals surface area contributed by atoms with Gasteiger partial charge in [0.25, 0.3) is 0 Å². The minimum Gasteiger partial charge on any atom is -0.396 e. The molecular weight excluding hydrogens is 152 g/mol. The van der Waals surface area contributed by atoms with Crippen LogP contribution in [0.25, 0.3) is 0 Å². The second-order valence-electron chi connectivity index (χ2n) is 3.61. The highest BCUT2D eigenvalue weighted by Crippen LogP contribution is 2.09. The molecule has 1 atom stereocenters. The van der Waals surface area contributed by atoms with Crippen LogP contribution in [-0.2, 0) is 0 Å². The minimum atomic E-state index is 0.303. The molecule has 1 aliphatic rings. The third-order valence-electron chi connectivity index (χ3n) is 2.47. The van der Waals surface area contributed by atoms with Crippen LogP contribution in [0.1, 0.15) is 12.8 Å². The second-order valence-corrected chi connectivity index (χ2v) is 3.61. The van der Waals surface area contributed by atoms with Crippen LogP contribution in [-0.4, -0.2) is 49.8 Å². The molecule has 0 unspecified atom stereocenters. The number of nitrogens with one attached hydrogen (secondary N) is 1. The highest BCUT2D eigenvalue weighted by atomic mass is 16.3. The molecule has 3 heteroatoms. The number of nitrogens with zero attached hydrogens (tertiary/aromatic N) is 1. The fourth-order valence-corrected chi connectivity index (χ4v) is 1.81. The Kier molecular flexibility index (Phi) is 4.58. The molecule has 0 spiro atoms. The van der Waals surface area contributed by atoms with Crippen molar-refractivity contribution in [2.75, 3.05) is 39.8 Å². The average molecular weight is 172 g/mol. The fraction of sp³-hybridized carbons (Fsp3) is 1.00. The Labute approximate surface area is 74.8 Å². The summed E-state index contributed by atoms with van der Waals surface area (Å²) < 4.78 is 0. The molecule has 0 aromatic carbocycles. The molecule has 1 rings (SSSR count). The molecule has 0 aromatic heterocycles. The van der Waals surface area contributed by atoms with Gasteiger partial charge in [0.15, 0.2) is 0 Å². The maximum atomic E-state index is 9.05. The SMILES string of the molecule is CNC[C@@H](CO)CN1CCCC1. The van der Waals surface area contributed by atoms with Crippen LogP contribution in [0.4, 0.5) is 0 Å². The van der Waals surface area contributed by atoms with Crippen LogP contribution in [0.15, 0.2) is 0 Å². The van der Waals surface area contributed by atoms with Crippen molar-refractivity contribution >= 4 is 0 Å². The molecule has 72 valence electrons. The highest BCUT2D eigenvalue weighted by Gasteiger charge is 2.15. The first-order chi connectivity index (χ1) is 5.86. The summed E-state index contributed by atoms with van der Waals surface area (Å²) in [6, 6.07) is 0. The van der Waals surface area contributed by atoms with Crippen LogP contribution >= 0.6 is 0 Å². The summed E-state index contributed by atoms with van der Waals surface area (Å²) in [6.45, 7) is 4.72. The molecule has 0 saturated carbocycles. The van der Waals surface area contributed by atoms with Gasteiger partial charge < -0.3 is 15.3 Å². The lowest BCUT2D eigenvalue weighted by Gasteiger charge is -2.21. The topological polar surface area (TPSA) is 35.5 Å². The van der Waals surface area contributed by atoms with Crippen molar-refractivity contribution < 1.29 is 5.11 Å². The summed E-state index contributed by atoms with van der Waals surface area (Å²) in [7, 11) is 1.94. The van der Waals surface area contributed by atoms with Crippen molar-refractivity contribution in [2.24, 2.45) is 5.92 Å². The number of hydrogen-bond acceptors (Lipinski definition) is 3. The largest absolute Gasteiger partial charge is 0.396 e. The van der Waals surface area contributed by atoms with Gasteiger partial charge in [-0.25, -0.2) is 0 Å². The van der Waals surface area contributed by atoms with Crippen molar-refractivity contribution in [3.8, 4) is 0 Å². The van der Waals surface area contributed by atoms with Gasteiger partial charge in [-0.05, 0) is 33.0 Å². The lowest BCUT2D eigenvalue weighted by molar-refractivity contribution is 0.178. The first-order valence-electron chi connectivity index (χ1n) is 4.84. The Balaban J connectivity index is 2.16. The van der Waals surface area contributed by atoms with Crippen molar-refractivity contribution in [2.45, 2.75) is 12.8 Å². The van der Waals surface area contributed by atoms with Crippen LogP contribution in [0.5, 0.6) is 0 Å². The Morgan fingerprint density at radius 2 is 2.08 bits per heavy atom. The van der Waals surface area contributed by atoms with Crippen LogP contribution in [0.3, 0.4) is 0 Å². The van der Waals surface area contributed by atoms with E-state index in [4.69, 9.17) is 5.11 Å². The van der Waals surface area contributed by atoms with E-state index >= 15 is 0 Å². The molecule has 0 aromatic rings. The van der Waals surface area contributed by atoms with Gasteiger partial charge in [0.2, 0.25) is 0 Å². The molecule has 1 fully saturated rings. The zero-order valence-corrected chi connectivity index (χ0v) is 7.92. The quantitative estimate of drug-likeness (QED) is 0.608. The summed E-state index contributed by atoms with van der Waals surface area (Å²) in [4.78, 5) is 2.44. The summed E-state index contributed by atoms with van der Waals surface area (Å²) in [6.07, 6.45) is 2.66. The normalized spacial score (nSPS) is 21.5. The van der Waals surface area contributed by atoms with Gasteiger partial charge in [-0.2, -0.15) is 0 Å². The smallest absolute Gasteiger partial charge is 0.0483 e. The van der Waals surface area contributed by atoms with Crippen LogP contribution in [0, 0.1) is 5.92 Å². The maximum Gasteiger partial charge on any atom is 0.0483 e. The molecular formula is C9H20N2O. The number of hydrogen-bond donors (Lipinski definition) is 2. The summed E-state index contributed by atoms with van der Waals surface area (Å²) in [5, 5.41) is 12.2. The number of rotatable bonds is 5. The molecule has 0 bridgehead atoms. The number of likely N-dealkylation sites (tertiary alicyclic amines) is 1. The first-order valence-corrected chi connectivity index (χ1v) is 4.84. The van der Waals surface area contributed by atoms with Crippen molar-refractivity contribution in [1.29, 1.82) is 0 Å². The van der Waals surface area contributed by atoms with E-state index in [1.807, 2.05) is 7.05 Å². The highest BCUT2D eigenvalue weighted by molar-refractivity contribution is 4.71. The van der Waals surface area contributed by atoms with Gasteiger partial charge in [0.1, 0.15) is 0 Å². The van der Waals surface area contributed by atoms with Crippen molar-refractivity contribution in [1.82, 2.24) is 10.2 Å². The third-order valence-corrected chi connectivity index (χ3v) is 2.47. The maximum absolute atomic E-state index is 9.05. The van der Waals surface area contributed by atoms with Crippen molar-refractivity contribution in [3.63, 3.8) is 0 Å². The minimum absolute atomic E-state index is 0.303. The van der Waals surface area contributed by atoms with Gasteiger partial charge in [0.05, 0.1) is 0 Å². The lowest BCUT2D eigenvalue weighted by Crippen LogP contribution is -2.34. The van der Waals surface area contributed by atoms with Gasteiger partial charge >= 0.3 is 0 Å². The zero-order valence-electron chi connectivity index (χ0n) is 7.92. The monoisotopic (exact) mass is 172 g/mol. The van der Waals surface area contributed by atoms with Crippen LogP contribution < -0.4 is 5.32 Å². The van der Waals surface area contributed by atoms with Gasteiger partial charge in [-0.3, -0.25) is 0 Å². The lowest BCUT2D eigenvalue weighted by atomic mass is 10.1. The predicted octanol–water partition coefficient (Wildman–Crippen LogP) is -0.0899. The molecule has 1 heterocycles. The van der Waals surface area contributed by atoms with E-state index in [-0.39, 0.29) is 0 Å². The van der Waals surface area contributed by atoms with E-state index in [2.05, 4.69) is 10.2 Å². The van der Waals surface area contributed by atoms with Gasteiger partial charge in [0, 0.05) is 25.6 Å². The Hall–Kier alpha value is -0.120. The molecule has 1 saturated heterocycles. The standard InChI is InChI=1S/C9H20N2O/c1-10-6-9(8-12)7-11-4-2-3-5-11/h9-10,12H,2-8H2,1H3/t9-/m1/s1. The van der Waals surface area contributed by atoms with Crippen LogP contribution in [0.2, 0.25) is 0 Å². The molecule has 1 aliphatic heterocycles. The first kappa shape index (κ1) is 9.96. The Morgan fingerprint density at radius 1 is 1.42 bits per heavy atom. The summed E-state index contributed by atoms with van der Waals surface area (Å²) in [5.74, 6) is 0.410. The second kappa shape index (κ2) is 5.51. The Morgan fingerprint density at radius 3 is 2.58 bits per heavy atom. The Bertz CT molecular complexity index is 113.